The normalized spacial score (nSPS) is 57.2. The monoisotopic (exact) mass is 264 g/mol. The molecule has 0 bridgehead atoms. The van der Waals surface area contributed by atoms with Gasteiger partial charge in [-0.15, -0.1) is 0 Å². The first-order chi connectivity index (χ1) is 9.25. The van der Waals surface area contributed by atoms with Crippen LogP contribution in [-0.4, -0.2) is 22.4 Å². The lowest BCUT2D eigenvalue weighted by Crippen LogP contribution is -2.44. The summed E-state index contributed by atoms with van der Waals surface area (Å²) in [5.41, 5.74) is 0. The highest BCUT2D eigenvalue weighted by molar-refractivity contribution is 5.02. The summed E-state index contributed by atoms with van der Waals surface area (Å²) in [7, 11) is 0. The molecule has 0 spiro atoms. The van der Waals surface area contributed by atoms with Crippen LogP contribution in [-0.2, 0) is 0 Å². The highest BCUT2D eigenvalue weighted by atomic mass is 16.3. The van der Waals surface area contributed by atoms with Crippen LogP contribution in [0, 0.1) is 35.5 Å². The molecule has 0 aromatic rings. The molecule has 0 aliphatic heterocycles. The van der Waals surface area contributed by atoms with Crippen molar-refractivity contribution in [3.05, 3.63) is 0 Å². The van der Waals surface area contributed by atoms with Gasteiger partial charge >= 0.3 is 0 Å². The number of fused-ring (bicyclic) bond motifs is 5. The van der Waals surface area contributed by atoms with Crippen LogP contribution in [0.1, 0.15) is 57.8 Å². The third-order valence-electron chi connectivity index (χ3n) is 7.22. The van der Waals surface area contributed by atoms with Crippen molar-refractivity contribution in [2.75, 3.05) is 0 Å². The summed E-state index contributed by atoms with van der Waals surface area (Å²) in [4.78, 5) is 0. The molecule has 0 radical (unpaired) electrons. The topological polar surface area (TPSA) is 40.5 Å². The summed E-state index contributed by atoms with van der Waals surface area (Å²) in [6.45, 7) is 0. The van der Waals surface area contributed by atoms with E-state index < -0.39 is 12.2 Å². The molecule has 8 atom stereocenters. The Morgan fingerprint density at radius 1 is 0.579 bits per heavy atom. The lowest BCUT2D eigenvalue weighted by Gasteiger charge is -2.51. The van der Waals surface area contributed by atoms with Gasteiger partial charge in [-0.25, -0.2) is 0 Å². The Labute approximate surface area is 116 Å². The van der Waals surface area contributed by atoms with Crippen molar-refractivity contribution in [1.29, 1.82) is 0 Å². The van der Waals surface area contributed by atoms with E-state index in [9.17, 15) is 10.2 Å². The fraction of sp³-hybridized carbons (Fsp3) is 1.00. The van der Waals surface area contributed by atoms with Gasteiger partial charge in [-0.2, -0.15) is 0 Å². The molecule has 4 rings (SSSR count). The Morgan fingerprint density at radius 3 is 2.16 bits per heavy atom. The van der Waals surface area contributed by atoms with E-state index in [1.165, 1.54) is 51.4 Å². The van der Waals surface area contributed by atoms with Crippen molar-refractivity contribution in [2.45, 2.75) is 70.0 Å². The first-order valence-corrected chi connectivity index (χ1v) is 8.62. The lowest BCUT2D eigenvalue weighted by molar-refractivity contribution is -0.0406. The van der Waals surface area contributed by atoms with Gasteiger partial charge in [-0.3, -0.25) is 0 Å². The fourth-order valence-electron chi connectivity index (χ4n) is 6.45. The molecule has 4 saturated carbocycles. The lowest BCUT2D eigenvalue weighted by atomic mass is 9.54. The van der Waals surface area contributed by atoms with Crippen molar-refractivity contribution in [2.24, 2.45) is 35.5 Å². The van der Waals surface area contributed by atoms with Gasteiger partial charge in [-0.05, 0) is 74.0 Å². The zero-order valence-corrected chi connectivity index (χ0v) is 11.9. The van der Waals surface area contributed by atoms with Gasteiger partial charge in [0.25, 0.3) is 0 Å². The number of rotatable bonds is 0. The Kier molecular flexibility index (Phi) is 3.15. The SMILES string of the molecule is OC1C[C@H]2[C@@H]3CCC4CCCC[C@@H]4[C@H]3CC[C@@H]2C1O. The standard InChI is InChI=1S/C17H28O2/c18-16-9-15-13-6-5-10-3-1-2-4-11(10)12(13)7-8-14(15)17(16)19/h10-19H,1-9H2/t10?,11-,12+,13+,14-,15-,16?,17?/m0/s1. The Hall–Kier alpha value is -0.0800. The summed E-state index contributed by atoms with van der Waals surface area (Å²) in [6.07, 6.45) is 11.2. The van der Waals surface area contributed by atoms with Gasteiger partial charge in [-0.1, -0.05) is 19.3 Å². The molecule has 108 valence electrons. The van der Waals surface area contributed by atoms with E-state index in [-0.39, 0.29) is 0 Å². The third-order valence-corrected chi connectivity index (χ3v) is 7.22. The number of hydrogen-bond donors (Lipinski definition) is 2. The second-order valence-corrected chi connectivity index (χ2v) is 7.81. The number of aliphatic hydroxyl groups is 2. The minimum atomic E-state index is -0.433. The molecule has 2 heteroatoms. The molecule has 2 nitrogen and oxygen atoms in total. The van der Waals surface area contributed by atoms with E-state index in [1.54, 1.807) is 0 Å². The van der Waals surface area contributed by atoms with Crippen LogP contribution in [0.3, 0.4) is 0 Å². The maximum Gasteiger partial charge on any atom is 0.0830 e. The fourth-order valence-corrected chi connectivity index (χ4v) is 6.45. The highest BCUT2D eigenvalue weighted by Gasteiger charge is 2.53. The summed E-state index contributed by atoms with van der Waals surface area (Å²) < 4.78 is 0. The van der Waals surface area contributed by atoms with Gasteiger partial charge < -0.3 is 10.2 Å². The van der Waals surface area contributed by atoms with E-state index >= 15 is 0 Å². The number of hydrogen-bond acceptors (Lipinski definition) is 2. The van der Waals surface area contributed by atoms with Crippen molar-refractivity contribution >= 4 is 0 Å². The van der Waals surface area contributed by atoms with Crippen LogP contribution in [0.5, 0.6) is 0 Å². The van der Waals surface area contributed by atoms with Gasteiger partial charge in [0.2, 0.25) is 0 Å². The average molecular weight is 264 g/mol. The van der Waals surface area contributed by atoms with Crippen molar-refractivity contribution < 1.29 is 10.2 Å². The molecule has 19 heavy (non-hydrogen) atoms. The maximum atomic E-state index is 10.2. The van der Waals surface area contributed by atoms with Crippen molar-refractivity contribution in [3.8, 4) is 0 Å². The van der Waals surface area contributed by atoms with Crippen LogP contribution < -0.4 is 0 Å². The minimum absolute atomic E-state index is 0.413. The molecule has 0 saturated heterocycles. The van der Waals surface area contributed by atoms with Crippen LogP contribution >= 0.6 is 0 Å². The zero-order valence-electron chi connectivity index (χ0n) is 11.9. The molecular weight excluding hydrogens is 236 g/mol. The predicted octanol–water partition coefficient (Wildman–Crippen LogP) is 2.97. The third kappa shape index (κ3) is 1.90. The van der Waals surface area contributed by atoms with E-state index in [0.717, 1.165) is 30.1 Å². The second kappa shape index (κ2) is 4.73. The van der Waals surface area contributed by atoms with E-state index in [4.69, 9.17) is 0 Å². The van der Waals surface area contributed by atoms with Gasteiger partial charge in [0.15, 0.2) is 0 Å². The first-order valence-electron chi connectivity index (χ1n) is 8.62. The molecule has 4 aliphatic rings. The van der Waals surface area contributed by atoms with E-state index in [1.807, 2.05) is 0 Å². The Balaban J connectivity index is 1.56. The second-order valence-electron chi connectivity index (χ2n) is 7.81. The van der Waals surface area contributed by atoms with Gasteiger partial charge in [0.05, 0.1) is 12.2 Å². The summed E-state index contributed by atoms with van der Waals surface area (Å²) in [5.74, 6) is 4.80. The minimum Gasteiger partial charge on any atom is -0.390 e. The molecule has 3 unspecified atom stereocenters. The summed E-state index contributed by atoms with van der Waals surface area (Å²) in [6, 6.07) is 0. The Morgan fingerprint density at radius 2 is 1.26 bits per heavy atom. The molecule has 0 aromatic heterocycles. The molecule has 2 N–H and O–H groups in total. The zero-order chi connectivity index (χ0) is 13.0. The quantitative estimate of drug-likeness (QED) is 0.706. The largest absolute Gasteiger partial charge is 0.390 e. The van der Waals surface area contributed by atoms with Crippen molar-refractivity contribution in [3.63, 3.8) is 0 Å². The van der Waals surface area contributed by atoms with Crippen molar-refractivity contribution in [1.82, 2.24) is 0 Å². The molecule has 4 aliphatic carbocycles. The highest BCUT2D eigenvalue weighted by Crippen LogP contribution is 2.57. The molecular formula is C17H28O2. The van der Waals surface area contributed by atoms with E-state index in [2.05, 4.69) is 0 Å². The Bertz CT molecular complexity index is 342. The maximum absolute atomic E-state index is 10.2. The average Bonchev–Trinajstić information content (AvgIpc) is 2.74. The van der Waals surface area contributed by atoms with Crippen LogP contribution in [0.15, 0.2) is 0 Å². The molecule has 4 fully saturated rings. The molecule has 0 heterocycles. The van der Waals surface area contributed by atoms with Gasteiger partial charge in [0, 0.05) is 0 Å². The summed E-state index contributed by atoms with van der Waals surface area (Å²) in [5, 5.41) is 20.2. The van der Waals surface area contributed by atoms with Crippen LogP contribution in [0.4, 0.5) is 0 Å². The predicted molar refractivity (Wildman–Crippen MR) is 74.5 cm³/mol. The van der Waals surface area contributed by atoms with Crippen LogP contribution in [0.2, 0.25) is 0 Å². The van der Waals surface area contributed by atoms with Gasteiger partial charge in [0.1, 0.15) is 0 Å². The summed E-state index contributed by atoms with van der Waals surface area (Å²) >= 11 is 0. The van der Waals surface area contributed by atoms with Crippen LogP contribution in [0.25, 0.3) is 0 Å². The molecule has 0 amide bonds. The van der Waals surface area contributed by atoms with E-state index in [0.29, 0.717) is 11.8 Å². The smallest absolute Gasteiger partial charge is 0.0830 e. The first kappa shape index (κ1) is 12.6. The number of aliphatic hydroxyl groups excluding tert-OH is 2. The molecule has 0 aromatic carbocycles.